The number of hydrogen-bond donors (Lipinski definition) is 1. The highest BCUT2D eigenvalue weighted by Gasteiger charge is 2.15. The van der Waals surface area contributed by atoms with Gasteiger partial charge < -0.3 is 19.1 Å². The van der Waals surface area contributed by atoms with Crippen molar-refractivity contribution in [1.29, 1.82) is 0 Å². The number of benzene rings is 2. The molecule has 0 saturated carbocycles. The third kappa shape index (κ3) is 4.09. The van der Waals surface area contributed by atoms with E-state index in [0.29, 0.717) is 35.3 Å². The van der Waals surface area contributed by atoms with Gasteiger partial charge in [0.25, 0.3) is 11.8 Å². The first kappa shape index (κ1) is 19.0. The number of amides is 1. The zero-order chi connectivity index (χ0) is 20.4. The van der Waals surface area contributed by atoms with E-state index in [1.165, 1.54) is 0 Å². The van der Waals surface area contributed by atoms with Crippen LogP contribution in [0.3, 0.4) is 0 Å². The van der Waals surface area contributed by atoms with Crippen molar-refractivity contribution in [2.75, 3.05) is 20.7 Å². The minimum atomic E-state index is -0.110. The Labute approximate surface area is 172 Å². The quantitative estimate of drug-likeness (QED) is 0.515. The number of nitrogens with one attached hydrogen (secondary N) is 1. The highest BCUT2D eigenvalue weighted by Crippen LogP contribution is 2.26. The molecule has 0 aliphatic carbocycles. The lowest BCUT2D eigenvalue weighted by molar-refractivity contribution is 0.0796. The molecule has 1 amide bonds. The molecule has 0 saturated heterocycles. The van der Waals surface area contributed by atoms with Crippen molar-refractivity contribution in [3.05, 3.63) is 64.9 Å². The maximum atomic E-state index is 12.5. The average molecular weight is 411 g/mol. The minimum Gasteiger partial charge on any atom is -0.497 e. The van der Waals surface area contributed by atoms with Crippen molar-refractivity contribution in [2.24, 2.45) is 0 Å². The monoisotopic (exact) mass is 410 g/mol. The highest BCUT2D eigenvalue weighted by atomic mass is 35.5. The van der Waals surface area contributed by atoms with E-state index in [9.17, 15) is 4.79 Å². The van der Waals surface area contributed by atoms with E-state index in [2.05, 4.69) is 15.1 Å². The lowest BCUT2D eigenvalue weighted by Crippen LogP contribution is -2.29. The van der Waals surface area contributed by atoms with Gasteiger partial charge in [0, 0.05) is 41.5 Å². The summed E-state index contributed by atoms with van der Waals surface area (Å²) in [6, 6.07) is 14.6. The molecule has 0 unspecified atom stereocenters. The summed E-state index contributed by atoms with van der Waals surface area (Å²) in [5, 5.41) is 5.55. The second-order valence-corrected chi connectivity index (χ2v) is 7.08. The molecular formula is C21H19ClN4O3. The van der Waals surface area contributed by atoms with Gasteiger partial charge in [0.1, 0.15) is 11.4 Å². The first-order valence-corrected chi connectivity index (χ1v) is 9.42. The van der Waals surface area contributed by atoms with Crippen molar-refractivity contribution in [3.8, 4) is 17.3 Å². The van der Waals surface area contributed by atoms with Gasteiger partial charge in [-0.25, -0.2) is 0 Å². The van der Waals surface area contributed by atoms with Crippen molar-refractivity contribution < 1.29 is 14.1 Å². The van der Waals surface area contributed by atoms with E-state index in [-0.39, 0.29) is 5.91 Å². The van der Waals surface area contributed by atoms with Crippen LogP contribution < -0.4 is 4.74 Å². The van der Waals surface area contributed by atoms with Crippen LogP contribution in [0.25, 0.3) is 22.5 Å². The van der Waals surface area contributed by atoms with Gasteiger partial charge in [-0.2, -0.15) is 4.98 Å². The smallest absolute Gasteiger partial charge is 0.274 e. The summed E-state index contributed by atoms with van der Waals surface area (Å²) in [4.78, 5) is 21.8. The summed E-state index contributed by atoms with van der Waals surface area (Å²) in [5.74, 6) is 1.60. The number of rotatable bonds is 6. The zero-order valence-corrected chi connectivity index (χ0v) is 16.7. The molecule has 8 heteroatoms. The van der Waals surface area contributed by atoms with Crippen LogP contribution in [0.15, 0.2) is 53.1 Å². The van der Waals surface area contributed by atoms with E-state index in [0.717, 1.165) is 22.3 Å². The fourth-order valence-electron chi connectivity index (χ4n) is 3.03. The van der Waals surface area contributed by atoms with E-state index in [4.69, 9.17) is 20.9 Å². The Hall–Kier alpha value is -3.32. The summed E-state index contributed by atoms with van der Waals surface area (Å²) in [6.07, 6.45) is 0.473. The molecule has 29 heavy (non-hydrogen) atoms. The summed E-state index contributed by atoms with van der Waals surface area (Å²) in [7, 11) is 3.36. The molecule has 0 aliphatic rings. The van der Waals surface area contributed by atoms with Gasteiger partial charge in [0.15, 0.2) is 5.82 Å². The van der Waals surface area contributed by atoms with Crippen molar-refractivity contribution in [1.82, 2.24) is 20.0 Å². The number of halogens is 1. The number of methoxy groups -OCH3 is 1. The maximum absolute atomic E-state index is 12.5. The number of carbonyl (C=O) groups is 1. The van der Waals surface area contributed by atoms with Crippen molar-refractivity contribution in [3.63, 3.8) is 0 Å². The zero-order valence-electron chi connectivity index (χ0n) is 16.0. The van der Waals surface area contributed by atoms with Crippen LogP contribution in [0.1, 0.15) is 16.2 Å². The van der Waals surface area contributed by atoms with Gasteiger partial charge in [-0.1, -0.05) is 22.8 Å². The number of hydrogen-bond acceptors (Lipinski definition) is 5. The van der Waals surface area contributed by atoms with Crippen LogP contribution in [0.2, 0.25) is 5.02 Å². The standard InChI is InChI=1S/C21H19ClN4O3/c1-26(21(27)13-4-3-5-15(22)10-13)9-8-19-24-20(29-25-19)18-12-14-11-16(28-2)6-7-17(14)23-18/h3-7,10-12,23H,8-9H2,1-2H3. The van der Waals surface area contributed by atoms with E-state index in [1.807, 2.05) is 24.3 Å². The van der Waals surface area contributed by atoms with Crippen LogP contribution in [-0.2, 0) is 6.42 Å². The number of H-pyrrole nitrogens is 1. The van der Waals surface area contributed by atoms with Crippen LogP contribution in [0.4, 0.5) is 0 Å². The molecule has 148 valence electrons. The van der Waals surface area contributed by atoms with E-state index in [1.54, 1.807) is 43.3 Å². The van der Waals surface area contributed by atoms with Gasteiger partial charge in [-0.05, 0) is 42.5 Å². The number of fused-ring (bicyclic) bond motifs is 1. The van der Waals surface area contributed by atoms with Gasteiger partial charge in [-0.3, -0.25) is 4.79 Å². The fourth-order valence-corrected chi connectivity index (χ4v) is 3.22. The topological polar surface area (TPSA) is 84.2 Å². The highest BCUT2D eigenvalue weighted by molar-refractivity contribution is 6.30. The number of likely N-dealkylation sites (N-methyl/N-ethyl adjacent to an activating group) is 1. The summed E-state index contributed by atoms with van der Waals surface area (Å²) < 4.78 is 10.6. The fraction of sp³-hybridized carbons (Fsp3) is 0.190. The van der Waals surface area contributed by atoms with Crippen LogP contribution in [-0.4, -0.2) is 46.6 Å². The number of aromatic amines is 1. The van der Waals surface area contributed by atoms with Gasteiger partial charge in [-0.15, -0.1) is 0 Å². The lowest BCUT2D eigenvalue weighted by Gasteiger charge is -2.16. The molecule has 0 atom stereocenters. The van der Waals surface area contributed by atoms with Gasteiger partial charge in [0.05, 0.1) is 7.11 Å². The molecule has 0 spiro atoms. The number of aromatic nitrogens is 3. The van der Waals surface area contributed by atoms with Crippen LogP contribution >= 0.6 is 11.6 Å². The largest absolute Gasteiger partial charge is 0.497 e. The van der Waals surface area contributed by atoms with Crippen molar-refractivity contribution >= 4 is 28.4 Å². The average Bonchev–Trinajstić information content (AvgIpc) is 3.37. The normalized spacial score (nSPS) is 11.0. The molecule has 2 aromatic carbocycles. The molecular weight excluding hydrogens is 392 g/mol. The molecule has 0 bridgehead atoms. The second kappa shape index (κ2) is 7.97. The van der Waals surface area contributed by atoms with Crippen LogP contribution in [0, 0.1) is 0 Å². The Kier molecular flexibility index (Phi) is 5.22. The van der Waals surface area contributed by atoms with Crippen molar-refractivity contribution in [2.45, 2.75) is 6.42 Å². The Balaban J connectivity index is 1.43. The number of carbonyl (C=O) groups excluding carboxylic acids is 1. The molecule has 0 aliphatic heterocycles. The van der Waals surface area contributed by atoms with E-state index < -0.39 is 0 Å². The lowest BCUT2D eigenvalue weighted by atomic mass is 10.2. The Morgan fingerprint density at radius 3 is 2.90 bits per heavy atom. The molecule has 7 nitrogen and oxygen atoms in total. The SMILES string of the molecule is COc1ccc2[nH]c(-c3nc(CCN(C)C(=O)c4cccc(Cl)c4)no3)cc2c1. The van der Waals surface area contributed by atoms with Crippen LogP contribution in [0.5, 0.6) is 5.75 Å². The second-order valence-electron chi connectivity index (χ2n) is 6.64. The molecule has 2 heterocycles. The molecule has 4 rings (SSSR count). The molecule has 1 N–H and O–H groups in total. The predicted octanol–water partition coefficient (Wildman–Crippen LogP) is 4.19. The number of ether oxygens (including phenoxy) is 1. The van der Waals surface area contributed by atoms with E-state index >= 15 is 0 Å². The number of nitrogens with zero attached hydrogens (tertiary/aromatic N) is 3. The minimum absolute atomic E-state index is 0.110. The molecule has 2 aromatic heterocycles. The molecule has 0 radical (unpaired) electrons. The third-order valence-electron chi connectivity index (χ3n) is 4.62. The summed E-state index contributed by atoms with van der Waals surface area (Å²) >= 11 is 5.96. The Morgan fingerprint density at radius 2 is 2.10 bits per heavy atom. The summed E-state index contributed by atoms with van der Waals surface area (Å²) in [6.45, 7) is 0.453. The summed E-state index contributed by atoms with van der Waals surface area (Å²) in [5.41, 5.74) is 2.23. The van der Waals surface area contributed by atoms with Gasteiger partial charge in [0.2, 0.25) is 0 Å². The maximum Gasteiger partial charge on any atom is 0.274 e. The Morgan fingerprint density at radius 1 is 1.24 bits per heavy atom. The first-order chi connectivity index (χ1) is 14.0. The van der Waals surface area contributed by atoms with Gasteiger partial charge >= 0.3 is 0 Å². The first-order valence-electron chi connectivity index (χ1n) is 9.04. The molecule has 4 aromatic rings. The third-order valence-corrected chi connectivity index (χ3v) is 4.85. The predicted molar refractivity (Wildman–Crippen MR) is 110 cm³/mol. The molecule has 0 fully saturated rings. The Bertz CT molecular complexity index is 1170.